The Morgan fingerprint density at radius 2 is 2.09 bits per heavy atom. The van der Waals surface area contributed by atoms with Crippen LogP contribution in [0.4, 0.5) is 5.82 Å². The number of pyridine rings is 1. The number of hydrogen-bond acceptors (Lipinski definition) is 4. The number of nitrogens with zero attached hydrogens (tertiary/aromatic N) is 1. The summed E-state index contributed by atoms with van der Waals surface area (Å²) in [6, 6.07) is 11.5. The van der Waals surface area contributed by atoms with E-state index in [4.69, 9.17) is 0 Å². The lowest BCUT2D eigenvalue weighted by molar-refractivity contribution is -0.125. The predicted molar refractivity (Wildman–Crippen MR) is 84.4 cm³/mol. The van der Waals surface area contributed by atoms with Crippen LogP contribution >= 0.6 is 0 Å². The van der Waals surface area contributed by atoms with Crippen LogP contribution in [-0.4, -0.2) is 35.9 Å². The average Bonchev–Trinajstić information content (AvgIpc) is 2.98. The second kappa shape index (κ2) is 6.43. The van der Waals surface area contributed by atoms with E-state index >= 15 is 0 Å². The molecule has 3 rings (SSSR count). The summed E-state index contributed by atoms with van der Waals surface area (Å²) in [7, 11) is 0. The van der Waals surface area contributed by atoms with Gasteiger partial charge in [-0.3, -0.25) is 9.59 Å². The molecular formula is C16H18N4O2. The van der Waals surface area contributed by atoms with Crippen LogP contribution in [0, 0.1) is 0 Å². The molecule has 2 aromatic rings. The summed E-state index contributed by atoms with van der Waals surface area (Å²) >= 11 is 0. The third-order valence-corrected chi connectivity index (χ3v) is 3.64. The molecule has 0 saturated carbocycles. The van der Waals surface area contributed by atoms with Gasteiger partial charge in [-0.2, -0.15) is 0 Å². The molecule has 0 unspecified atom stereocenters. The molecule has 1 saturated heterocycles. The molecule has 1 aliphatic heterocycles. The standard InChI is InChI=1S/C16H18N4O2/c21-15-8-6-13(20-15)16(22)18-10-9-17-14-7-5-11-3-1-2-4-12(11)19-14/h1-5,7,13H,6,8-10H2,(H,17,19)(H,18,22)(H,20,21)/t13-/m1/s1. The largest absolute Gasteiger partial charge is 0.368 e. The summed E-state index contributed by atoms with van der Waals surface area (Å²) < 4.78 is 0. The SMILES string of the molecule is O=C1CC[C@H](C(=O)NCCNc2ccc3ccccc3n2)N1. The first-order chi connectivity index (χ1) is 10.7. The summed E-state index contributed by atoms with van der Waals surface area (Å²) in [5, 5.41) is 9.73. The lowest BCUT2D eigenvalue weighted by Gasteiger charge is -2.11. The maximum Gasteiger partial charge on any atom is 0.242 e. The number of fused-ring (bicyclic) bond motifs is 1. The minimum Gasteiger partial charge on any atom is -0.368 e. The number of carbonyl (C=O) groups is 2. The van der Waals surface area contributed by atoms with Crippen molar-refractivity contribution in [2.24, 2.45) is 0 Å². The van der Waals surface area contributed by atoms with Crippen LogP contribution in [0.25, 0.3) is 10.9 Å². The second-order valence-corrected chi connectivity index (χ2v) is 5.27. The quantitative estimate of drug-likeness (QED) is 0.720. The first-order valence-corrected chi connectivity index (χ1v) is 7.39. The normalized spacial score (nSPS) is 17.3. The fraction of sp³-hybridized carbons (Fsp3) is 0.312. The summed E-state index contributed by atoms with van der Waals surface area (Å²) in [6.07, 6.45) is 1.00. The van der Waals surface area contributed by atoms with Crippen molar-refractivity contribution in [3.05, 3.63) is 36.4 Å². The molecule has 2 heterocycles. The van der Waals surface area contributed by atoms with Gasteiger partial charge in [-0.15, -0.1) is 0 Å². The van der Waals surface area contributed by atoms with Crippen molar-refractivity contribution in [2.75, 3.05) is 18.4 Å². The first-order valence-electron chi connectivity index (χ1n) is 7.39. The molecule has 1 atom stereocenters. The monoisotopic (exact) mass is 298 g/mol. The smallest absolute Gasteiger partial charge is 0.242 e. The van der Waals surface area contributed by atoms with Crippen LogP contribution in [0.2, 0.25) is 0 Å². The van der Waals surface area contributed by atoms with E-state index in [2.05, 4.69) is 20.9 Å². The summed E-state index contributed by atoms with van der Waals surface area (Å²) in [6.45, 7) is 1.07. The van der Waals surface area contributed by atoms with Crippen LogP contribution in [0.3, 0.4) is 0 Å². The van der Waals surface area contributed by atoms with Gasteiger partial charge in [-0.25, -0.2) is 4.98 Å². The average molecular weight is 298 g/mol. The van der Waals surface area contributed by atoms with Gasteiger partial charge in [0, 0.05) is 24.9 Å². The van der Waals surface area contributed by atoms with Gasteiger partial charge in [0.2, 0.25) is 11.8 Å². The lowest BCUT2D eigenvalue weighted by atomic mass is 10.2. The Kier molecular flexibility index (Phi) is 4.18. The predicted octanol–water partition coefficient (Wildman–Crippen LogP) is 1.04. The van der Waals surface area contributed by atoms with Crippen molar-refractivity contribution < 1.29 is 9.59 Å². The Balaban J connectivity index is 1.46. The zero-order valence-electron chi connectivity index (χ0n) is 12.1. The van der Waals surface area contributed by atoms with Crippen molar-refractivity contribution in [1.82, 2.24) is 15.6 Å². The fourth-order valence-corrected chi connectivity index (χ4v) is 2.47. The fourth-order valence-electron chi connectivity index (χ4n) is 2.47. The van der Waals surface area contributed by atoms with E-state index in [-0.39, 0.29) is 17.9 Å². The second-order valence-electron chi connectivity index (χ2n) is 5.27. The Labute approximate surface area is 128 Å². The maximum absolute atomic E-state index is 11.8. The number of benzene rings is 1. The van der Waals surface area contributed by atoms with Gasteiger partial charge in [0.25, 0.3) is 0 Å². The van der Waals surface area contributed by atoms with Gasteiger partial charge in [-0.05, 0) is 24.6 Å². The third-order valence-electron chi connectivity index (χ3n) is 3.64. The number of hydrogen-bond donors (Lipinski definition) is 3. The zero-order valence-corrected chi connectivity index (χ0v) is 12.1. The van der Waals surface area contributed by atoms with E-state index in [1.165, 1.54) is 0 Å². The van der Waals surface area contributed by atoms with Crippen LogP contribution < -0.4 is 16.0 Å². The van der Waals surface area contributed by atoms with Gasteiger partial charge in [0.05, 0.1) is 5.52 Å². The summed E-state index contributed by atoms with van der Waals surface area (Å²) in [5.74, 6) is 0.597. The molecular weight excluding hydrogens is 280 g/mol. The van der Waals surface area contributed by atoms with Crippen LogP contribution in [0.15, 0.2) is 36.4 Å². The van der Waals surface area contributed by atoms with Gasteiger partial charge < -0.3 is 16.0 Å². The van der Waals surface area contributed by atoms with E-state index in [1.54, 1.807) is 0 Å². The van der Waals surface area contributed by atoms with Gasteiger partial charge in [-0.1, -0.05) is 18.2 Å². The molecule has 22 heavy (non-hydrogen) atoms. The van der Waals surface area contributed by atoms with Gasteiger partial charge in [0.1, 0.15) is 11.9 Å². The van der Waals surface area contributed by atoms with Gasteiger partial charge in [0.15, 0.2) is 0 Å². The molecule has 3 N–H and O–H groups in total. The van der Waals surface area contributed by atoms with Crippen molar-refractivity contribution >= 4 is 28.5 Å². The highest BCUT2D eigenvalue weighted by atomic mass is 16.2. The number of aromatic nitrogens is 1. The lowest BCUT2D eigenvalue weighted by Crippen LogP contribution is -2.43. The highest BCUT2D eigenvalue weighted by Gasteiger charge is 2.26. The van der Waals surface area contributed by atoms with Crippen LogP contribution in [0.5, 0.6) is 0 Å². The Morgan fingerprint density at radius 1 is 1.23 bits per heavy atom. The molecule has 6 nitrogen and oxygen atoms in total. The zero-order chi connectivity index (χ0) is 15.4. The first kappa shape index (κ1) is 14.3. The molecule has 1 aromatic carbocycles. The Bertz CT molecular complexity index is 701. The minimum atomic E-state index is -0.383. The molecule has 0 radical (unpaired) electrons. The van der Waals surface area contributed by atoms with E-state index in [0.29, 0.717) is 25.9 Å². The van der Waals surface area contributed by atoms with Crippen molar-refractivity contribution in [1.29, 1.82) is 0 Å². The Morgan fingerprint density at radius 3 is 2.91 bits per heavy atom. The van der Waals surface area contributed by atoms with Crippen LogP contribution in [-0.2, 0) is 9.59 Å². The molecule has 1 aromatic heterocycles. The number of carbonyl (C=O) groups excluding carboxylic acids is 2. The molecule has 6 heteroatoms. The molecule has 0 spiro atoms. The number of amides is 2. The topological polar surface area (TPSA) is 83.1 Å². The van der Waals surface area contributed by atoms with Gasteiger partial charge >= 0.3 is 0 Å². The number of para-hydroxylation sites is 1. The summed E-state index contributed by atoms with van der Waals surface area (Å²) in [5.41, 5.74) is 0.935. The summed E-state index contributed by atoms with van der Waals surface area (Å²) in [4.78, 5) is 27.4. The van der Waals surface area contributed by atoms with Crippen LogP contribution in [0.1, 0.15) is 12.8 Å². The van der Waals surface area contributed by atoms with E-state index in [9.17, 15) is 9.59 Å². The minimum absolute atomic E-state index is 0.0568. The molecule has 0 bridgehead atoms. The third kappa shape index (κ3) is 3.33. The van der Waals surface area contributed by atoms with E-state index in [0.717, 1.165) is 16.7 Å². The number of rotatable bonds is 5. The molecule has 1 fully saturated rings. The molecule has 114 valence electrons. The number of nitrogens with one attached hydrogen (secondary N) is 3. The van der Waals surface area contributed by atoms with Crippen molar-refractivity contribution in [3.8, 4) is 0 Å². The molecule has 2 amide bonds. The van der Waals surface area contributed by atoms with E-state index in [1.807, 2.05) is 36.4 Å². The molecule has 1 aliphatic rings. The maximum atomic E-state index is 11.8. The Hall–Kier alpha value is -2.63. The highest BCUT2D eigenvalue weighted by Crippen LogP contribution is 2.14. The van der Waals surface area contributed by atoms with Crippen molar-refractivity contribution in [3.63, 3.8) is 0 Å². The van der Waals surface area contributed by atoms with E-state index < -0.39 is 0 Å². The number of anilines is 1. The molecule has 0 aliphatic carbocycles. The highest BCUT2D eigenvalue weighted by molar-refractivity contribution is 5.90. The van der Waals surface area contributed by atoms with Crippen molar-refractivity contribution in [2.45, 2.75) is 18.9 Å².